The van der Waals surface area contributed by atoms with E-state index in [2.05, 4.69) is 0 Å². The van der Waals surface area contributed by atoms with Crippen molar-refractivity contribution in [1.29, 1.82) is 0 Å². The Morgan fingerprint density at radius 2 is 1.48 bits per heavy atom. The zero-order valence-corrected chi connectivity index (χ0v) is 15.8. The fraction of sp³-hybridized carbons (Fsp3) is 1.00. The maximum Gasteiger partial charge on any atom is 1.00 e. The van der Waals surface area contributed by atoms with Gasteiger partial charge in [-0.25, -0.2) is 17.6 Å². The van der Waals surface area contributed by atoms with Crippen LogP contribution in [0.5, 0.6) is 0 Å². The van der Waals surface area contributed by atoms with Crippen LogP contribution in [0.15, 0.2) is 0 Å². The van der Waals surface area contributed by atoms with Crippen molar-refractivity contribution in [2.75, 3.05) is 0 Å². The molecule has 23 heavy (non-hydrogen) atoms. The van der Waals surface area contributed by atoms with Gasteiger partial charge in [-0.2, -0.15) is 8.42 Å². The van der Waals surface area contributed by atoms with Crippen LogP contribution < -0.4 is 29.6 Å². The summed E-state index contributed by atoms with van der Waals surface area (Å²) in [5, 5.41) is -1.79. The molecule has 0 aromatic carbocycles. The molecule has 0 aliphatic heterocycles. The van der Waals surface area contributed by atoms with Crippen LogP contribution in [0.2, 0.25) is 0 Å². The molecular weight excluding hydrogens is 347 g/mol. The van der Waals surface area contributed by atoms with Gasteiger partial charge in [-0.3, -0.25) is 4.55 Å². The molecule has 4 aliphatic rings. The van der Waals surface area contributed by atoms with Crippen LogP contribution in [0.3, 0.4) is 0 Å². The molecule has 4 aliphatic carbocycles. The van der Waals surface area contributed by atoms with Crippen molar-refractivity contribution in [2.45, 2.75) is 62.5 Å². The maximum atomic E-state index is 13.5. The van der Waals surface area contributed by atoms with Crippen LogP contribution in [0.1, 0.15) is 46.4 Å². The van der Waals surface area contributed by atoms with Crippen molar-refractivity contribution in [3.63, 3.8) is 0 Å². The van der Waals surface area contributed by atoms with Gasteiger partial charge >= 0.3 is 41.9 Å². The summed E-state index contributed by atoms with van der Waals surface area (Å²) in [5.74, 6) is -3.58. The van der Waals surface area contributed by atoms with Crippen LogP contribution in [-0.2, 0) is 10.1 Å². The molecule has 1 unspecified atom stereocenters. The summed E-state index contributed by atoms with van der Waals surface area (Å²) in [4.78, 5) is 0. The fourth-order valence-corrected chi connectivity index (χ4v) is 6.90. The van der Waals surface area contributed by atoms with E-state index in [0.717, 1.165) is 19.3 Å². The van der Waals surface area contributed by atoms with Crippen LogP contribution in [0, 0.1) is 23.2 Å². The van der Waals surface area contributed by atoms with Gasteiger partial charge in [0.05, 0.1) is 5.25 Å². The Kier molecular flexibility index (Phi) is 5.56. The largest absolute Gasteiger partial charge is 1.00 e. The van der Waals surface area contributed by atoms with E-state index in [1.54, 1.807) is 0 Å². The number of alkyl halides is 4. The average Bonchev–Trinajstić information content (AvgIpc) is 2.32. The summed E-state index contributed by atoms with van der Waals surface area (Å²) >= 11 is 0. The van der Waals surface area contributed by atoms with Crippen molar-refractivity contribution in [3.05, 3.63) is 0 Å². The number of hydrogen-bond donors (Lipinski definition) is 1. The molecule has 0 aromatic rings. The molecule has 4 bridgehead atoms. The van der Waals surface area contributed by atoms with E-state index in [9.17, 15) is 30.5 Å². The van der Waals surface area contributed by atoms with Gasteiger partial charge in [0, 0.05) is 6.42 Å². The van der Waals surface area contributed by atoms with Crippen LogP contribution in [-0.4, -0.2) is 30.6 Å². The normalized spacial score (nSPS) is 37.7. The molecule has 4 rings (SSSR count). The first-order valence-corrected chi connectivity index (χ1v) is 9.14. The van der Waals surface area contributed by atoms with Gasteiger partial charge in [-0.15, -0.1) is 0 Å². The van der Waals surface area contributed by atoms with Crippen molar-refractivity contribution in [2.24, 2.45) is 23.2 Å². The summed E-state index contributed by atoms with van der Waals surface area (Å²) < 4.78 is 84.9. The molecule has 0 aromatic heterocycles. The maximum absolute atomic E-state index is 13.5. The average molecular weight is 368 g/mol. The van der Waals surface area contributed by atoms with E-state index in [1.807, 2.05) is 0 Å². The third-order valence-corrected chi connectivity index (χ3v) is 7.29. The predicted octanol–water partition coefficient (Wildman–Crippen LogP) is 0.866. The molecule has 4 fully saturated rings. The van der Waals surface area contributed by atoms with E-state index < -0.39 is 39.6 Å². The Bertz CT molecular complexity index is 523. The molecule has 0 amide bonds. The van der Waals surface area contributed by atoms with Crippen molar-refractivity contribution >= 4 is 10.1 Å². The van der Waals surface area contributed by atoms with Crippen LogP contribution in [0.25, 0.3) is 0 Å². The molecule has 9 heteroatoms. The van der Waals surface area contributed by atoms with E-state index in [4.69, 9.17) is 0 Å². The number of halogens is 4. The van der Waals surface area contributed by atoms with Crippen molar-refractivity contribution in [1.82, 2.24) is 0 Å². The van der Waals surface area contributed by atoms with Gasteiger partial charge in [0.1, 0.15) is 0 Å². The molecule has 4 saturated carbocycles. The first kappa shape index (κ1) is 19.9. The predicted molar refractivity (Wildman–Crippen MR) is 72.6 cm³/mol. The molecule has 1 atom stereocenters. The number of hydrogen-bond acceptors (Lipinski definition) is 2. The summed E-state index contributed by atoms with van der Waals surface area (Å²) in [6.07, 6.45) is -1.19. The van der Waals surface area contributed by atoms with E-state index >= 15 is 0 Å². The molecule has 0 heterocycles. The third kappa shape index (κ3) is 3.76. The van der Waals surface area contributed by atoms with Gasteiger partial charge in [0.15, 0.2) is 0 Å². The van der Waals surface area contributed by atoms with Gasteiger partial charge in [-0.05, 0) is 61.7 Å². The summed E-state index contributed by atoms with van der Waals surface area (Å²) in [6, 6.07) is 0. The van der Waals surface area contributed by atoms with E-state index in [-0.39, 0.29) is 48.7 Å². The van der Waals surface area contributed by atoms with Gasteiger partial charge in [0.2, 0.25) is 0 Å². The smallest absolute Gasteiger partial charge is 1.00 e. The third-order valence-electron chi connectivity index (χ3n) is 5.90. The minimum Gasteiger partial charge on any atom is -1.00 e. The Balaban J connectivity index is 0.00000144. The first-order chi connectivity index (χ1) is 10.0. The summed E-state index contributed by atoms with van der Waals surface area (Å²) in [5.41, 5.74) is -0.958. The van der Waals surface area contributed by atoms with Gasteiger partial charge < -0.3 is 1.43 Å². The summed E-state index contributed by atoms with van der Waals surface area (Å²) in [7, 11) is -4.81. The Labute approximate surface area is 157 Å². The SMILES string of the molecule is O=S(=O)(O)C(CC(F)(F)C(F)F)C12CC3CC(CC(C3)C1)C2.[H-].[Na+]. The quantitative estimate of drug-likeness (QED) is 0.445. The fourth-order valence-electron chi connectivity index (χ4n) is 5.55. The van der Waals surface area contributed by atoms with Crippen LogP contribution in [0.4, 0.5) is 17.6 Å². The zero-order chi connectivity index (χ0) is 16.3. The molecule has 0 saturated heterocycles. The molecular formula is C14H21F4NaO3S. The zero-order valence-electron chi connectivity index (χ0n) is 14.0. The Morgan fingerprint density at radius 1 is 1.09 bits per heavy atom. The second-order valence-electron chi connectivity index (χ2n) is 7.55. The topological polar surface area (TPSA) is 54.4 Å². The van der Waals surface area contributed by atoms with Crippen molar-refractivity contribution < 1.29 is 61.5 Å². The first-order valence-electron chi connectivity index (χ1n) is 7.64. The Morgan fingerprint density at radius 3 is 1.78 bits per heavy atom. The standard InChI is InChI=1S/C14H20F4O3S.Na.H/c15-12(16)14(17,18)7-11(22(19,20)21)13-4-8-1-9(5-13)3-10(2-8)6-13;;/h8-12H,1-7H2,(H,19,20,21);;/q;+1;-1. The van der Waals surface area contributed by atoms with Crippen LogP contribution >= 0.6 is 0 Å². The van der Waals surface area contributed by atoms with Gasteiger partial charge in [0.25, 0.3) is 10.1 Å². The van der Waals surface area contributed by atoms with Gasteiger partial charge in [-0.1, -0.05) is 0 Å². The van der Waals surface area contributed by atoms with E-state index in [1.165, 1.54) is 0 Å². The van der Waals surface area contributed by atoms with E-state index in [0.29, 0.717) is 19.3 Å². The molecule has 130 valence electrons. The number of rotatable bonds is 5. The molecule has 0 spiro atoms. The monoisotopic (exact) mass is 368 g/mol. The summed E-state index contributed by atoms with van der Waals surface area (Å²) in [6.45, 7) is 0. The minimum absolute atomic E-state index is 0. The minimum atomic E-state index is -4.81. The molecule has 3 nitrogen and oxygen atoms in total. The second kappa shape index (κ2) is 6.41. The van der Waals surface area contributed by atoms with Crippen molar-refractivity contribution in [3.8, 4) is 0 Å². The molecule has 0 radical (unpaired) electrons. The Hall–Kier alpha value is 0.630. The second-order valence-corrected chi connectivity index (χ2v) is 9.15. The molecule has 1 N–H and O–H groups in total.